The van der Waals surface area contributed by atoms with Crippen molar-refractivity contribution >= 4 is 41.0 Å². The van der Waals surface area contributed by atoms with Crippen molar-refractivity contribution in [2.24, 2.45) is 0 Å². The fraction of sp³-hybridized carbons (Fsp3) is 0.200. The molecule has 0 saturated heterocycles. The van der Waals surface area contributed by atoms with Gasteiger partial charge in [-0.3, -0.25) is 25.2 Å². The van der Waals surface area contributed by atoms with E-state index in [0.717, 1.165) is 11.6 Å². The fourth-order valence-electron chi connectivity index (χ4n) is 1.57. The highest BCUT2D eigenvalue weighted by Gasteiger charge is 2.10. The Morgan fingerprint density at radius 2 is 1.75 bits per heavy atom. The van der Waals surface area contributed by atoms with Gasteiger partial charge in [0.2, 0.25) is 11.8 Å². The SMILES string of the molecule is Cc1c(Cl)cccc1NC(=O)CCC(=O)NNC(=O)/C=C/C(=O)O. The molecule has 0 fully saturated rings. The molecule has 0 aliphatic heterocycles. The monoisotopic (exact) mass is 353 g/mol. The Morgan fingerprint density at radius 3 is 2.42 bits per heavy atom. The summed E-state index contributed by atoms with van der Waals surface area (Å²) in [5.41, 5.74) is 5.32. The largest absolute Gasteiger partial charge is 0.478 e. The van der Waals surface area contributed by atoms with Crippen LogP contribution in [0.1, 0.15) is 18.4 Å². The lowest BCUT2D eigenvalue weighted by atomic mass is 10.2. The van der Waals surface area contributed by atoms with Crippen molar-refractivity contribution in [3.8, 4) is 0 Å². The summed E-state index contributed by atoms with van der Waals surface area (Å²) in [5, 5.41) is 11.5. The zero-order valence-corrected chi connectivity index (χ0v) is 13.5. The minimum atomic E-state index is -1.29. The van der Waals surface area contributed by atoms with E-state index >= 15 is 0 Å². The number of hydrazine groups is 1. The summed E-state index contributed by atoms with van der Waals surface area (Å²) < 4.78 is 0. The number of nitrogens with one attached hydrogen (secondary N) is 3. The van der Waals surface area contributed by atoms with E-state index in [1.165, 1.54) is 0 Å². The van der Waals surface area contributed by atoms with Gasteiger partial charge >= 0.3 is 5.97 Å². The van der Waals surface area contributed by atoms with Crippen molar-refractivity contribution < 1.29 is 24.3 Å². The lowest BCUT2D eigenvalue weighted by Crippen LogP contribution is -2.41. The second-order valence-corrected chi connectivity index (χ2v) is 5.08. The van der Waals surface area contributed by atoms with Gasteiger partial charge in [-0.2, -0.15) is 0 Å². The number of anilines is 1. The molecule has 0 unspecified atom stereocenters. The number of rotatable bonds is 6. The molecule has 1 aromatic rings. The summed E-state index contributed by atoms with van der Waals surface area (Å²) in [7, 11) is 0. The average Bonchev–Trinajstić information content (AvgIpc) is 2.53. The molecule has 24 heavy (non-hydrogen) atoms. The van der Waals surface area contributed by atoms with Gasteiger partial charge in [0.05, 0.1) is 0 Å². The van der Waals surface area contributed by atoms with Crippen molar-refractivity contribution in [3.05, 3.63) is 40.9 Å². The smallest absolute Gasteiger partial charge is 0.328 e. The van der Waals surface area contributed by atoms with Crippen molar-refractivity contribution in [2.75, 3.05) is 5.32 Å². The number of carbonyl (C=O) groups is 4. The highest BCUT2D eigenvalue weighted by atomic mass is 35.5. The zero-order chi connectivity index (χ0) is 18.1. The second-order valence-electron chi connectivity index (χ2n) is 4.67. The maximum atomic E-state index is 11.8. The fourth-order valence-corrected chi connectivity index (χ4v) is 1.74. The molecule has 3 amide bonds. The molecule has 128 valence electrons. The van der Waals surface area contributed by atoms with Crippen LogP contribution in [0, 0.1) is 6.92 Å². The molecule has 0 aliphatic carbocycles. The predicted octanol–water partition coefficient (Wildman–Crippen LogP) is 1.16. The normalized spacial score (nSPS) is 10.2. The van der Waals surface area contributed by atoms with Gasteiger partial charge in [-0.15, -0.1) is 0 Å². The molecular weight excluding hydrogens is 338 g/mol. The molecule has 0 spiro atoms. The van der Waals surface area contributed by atoms with E-state index in [2.05, 4.69) is 10.7 Å². The second kappa shape index (κ2) is 9.31. The Kier molecular flexibility index (Phi) is 7.44. The molecule has 4 N–H and O–H groups in total. The van der Waals surface area contributed by atoms with Gasteiger partial charge in [0.1, 0.15) is 0 Å². The van der Waals surface area contributed by atoms with E-state index < -0.39 is 17.8 Å². The Balaban J connectivity index is 2.36. The van der Waals surface area contributed by atoms with Crippen LogP contribution in [0.15, 0.2) is 30.4 Å². The van der Waals surface area contributed by atoms with E-state index in [1.54, 1.807) is 25.1 Å². The number of hydrogen-bond donors (Lipinski definition) is 4. The summed E-state index contributed by atoms with van der Waals surface area (Å²) in [6, 6.07) is 5.08. The summed E-state index contributed by atoms with van der Waals surface area (Å²) >= 11 is 5.94. The molecule has 0 saturated carbocycles. The summed E-state index contributed by atoms with van der Waals surface area (Å²) in [6.07, 6.45) is 1.12. The maximum Gasteiger partial charge on any atom is 0.328 e. The van der Waals surface area contributed by atoms with Crippen LogP contribution in [0.3, 0.4) is 0 Å². The van der Waals surface area contributed by atoms with E-state index in [9.17, 15) is 19.2 Å². The Labute approximate surface area is 142 Å². The van der Waals surface area contributed by atoms with Crippen molar-refractivity contribution in [2.45, 2.75) is 19.8 Å². The first kappa shape index (κ1) is 19.2. The molecule has 1 aromatic carbocycles. The standard InChI is InChI=1S/C15H16ClN3O5/c1-9-10(16)3-2-4-11(9)17-12(20)5-6-13(21)18-19-14(22)7-8-15(23)24/h2-4,7-8H,5-6H2,1H3,(H,17,20)(H,18,21)(H,19,22)(H,23,24)/b8-7+. The van der Waals surface area contributed by atoms with Gasteiger partial charge in [0, 0.05) is 35.7 Å². The Hall–Kier alpha value is -2.87. The number of aliphatic carboxylic acids is 1. The number of benzene rings is 1. The number of hydrogen-bond acceptors (Lipinski definition) is 4. The topological polar surface area (TPSA) is 125 Å². The first-order chi connectivity index (χ1) is 11.3. The lowest BCUT2D eigenvalue weighted by molar-refractivity contribution is -0.131. The number of carbonyl (C=O) groups excluding carboxylic acids is 3. The molecule has 0 bridgehead atoms. The van der Waals surface area contributed by atoms with Crippen LogP contribution in [0.5, 0.6) is 0 Å². The summed E-state index contributed by atoms with van der Waals surface area (Å²) in [5.74, 6) is -3.06. The van der Waals surface area contributed by atoms with E-state index in [0.29, 0.717) is 16.8 Å². The summed E-state index contributed by atoms with van der Waals surface area (Å²) in [6.45, 7) is 1.75. The quantitative estimate of drug-likeness (QED) is 0.451. The van der Waals surface area contributed by atoms with Gasteiger partial charge in [0.25, 0.3) is 5.91 Å². The predicted molar refractivity (Wildman–Crippen MR) is 87.1 cm³/mol. The first-order valence-electron chi connectivity index (χ1n) is 6.84. The van der Waals surface area contributed by atoms with Crippen LogP contribution in [0.25, 0.3) is 0 Å². The maximum absolute atomic E-state index is 11.8. The van der Waals surface area contributed by atoms with Crippen LogP contribution >= 0.6 is 11.6 Å². The number of carboxylic acids is 1. The molecule has 9 heteroatoms. The number of amides is 3. The lowest BCUT2D eigenvalue weighted by Gasteiger charge is -2.09. The third-order valence-electron chi connectivity index (χ3n) is 2.82. The van der Waals surface area contributed by atoms with Crippen LogP contribution in [0.2, 0.25) is 5.02 Å². The molecule has 0 radical (unpaired) electrons. The molecule has 0 aromatic heterocycles. The van der Waals surface area contributed by atoms with E-state index in [4.69, 9.17) is 16.7 Å². The van der Waals surface area contributed by atoms with Crippen molar-refractivity contribution in [3.63, 3.8) is 0 Å². The molecule has 0 aliphatic rings. The summed E-state index contributed by atoms with van der Waals surface area (Å²) in [4.78, 5) is 44.6. The Bertz CT molecular complexity index is 688. The molecule has 0 heterocycles. The molecule has 0 atom stereocenters. The molecule has 8 nitrogen and oxygen atoms in total. The van der Waals surface area contributed by atoms with Gasteiger partial charge in [-0.1, -0.05) is 17.7 Å². The first-order valence-corrected chi connectivity index (χ1v) is 7.22. The van der Waals surface area contributed by atoms with Crippen molar-refractivity contribution in [1.29, 1.82) is 0 Å². The molecule has 1 rings (SSSR count). The van der Waals surface area contributed by atoms with E-state index in [-0.39, 0.29) is 18.7 Å². The van der Waals surface area contributed by atoms with E-state index in [1.807, 2.05) is 5.43 Å². The minimum Gasteiger partial charge on any atom is -0.478 e. The molecular formula is C15H16ClN3O5. The zero-order valence-electron chi connectivity index (χ0n) is 12.8. The highest BCUT2D eigenvalue weighted by Crippen LogP contribution is 2.22. The average molecular weight is 354 g/mol. The van der Waals surface area contributed by atoms with Gasteiger partial charge in [-0.05, 0) is 24.6 Å². The van der Waals surface area contributed by atoms with Crippen LogP contribution < -0.4 is 16.2 Å². The van der Waals surface area contributed by atoms with Crippen molar-refractivity contribution in [1.82, 2.24) is 10.9 Å². The van der Waals surface area contributed by atoms with Gasteiger partial charge in [-0.25, -0.2) is 4.79 Å². The number of carboxylic acid groups (broad SMARTS) is 1. The number of halogens is 1. The Morgan fingerprint density at radius 1 is 1.08 bits per heavy atom. The van der Waals surface area contributed by atoms with Gasteiger partial charge < -0.3 is 10.4 Å². The highest BCUT2D eigenvalue weighted by molar-refractivity contribution is 6.31. The minimum absolute atomic E-state index is 0.0986. The third kappa shape index (κ3) is 6.93. The van der Waals surface area contributed by atoms with Crippen LogP contribution in [0.4, 0.5) is 5.69 Å². The third-order valence-corrected chi connectivity index (χ3v) is 3.23. The van der Waals surface area contributed by atoms with Gasteiger partial charge in [0.15, 0.2) is 0 Å². The van der Waals surface area contributed by atoms with Crippen LogP contribution in [-0.4, -0.2) is 28.8 Å². The van der Waals surface area contributed by atoms with Crippen LogP contribution in [-0.2, 0) is 19.2 Å².